The summed E-state index contributed by atoms with van der Waals surface area (Å²) >= 11 is 0. The van der Waals surface area contributed by atoms with Crippen molar-refractivity contribution in [2.24, 2.45) is 0 Å². The lowest BCUT2D eigenvalue weighted by Gasteiger charge is -2.17. The molecular formula is C20H27O5P. The number of benzene rings is 2. The minimum Gasteiger partial charge on any atom is -0.496 e. The SMILES string of the molecule is COc1ccc(Oc2c(C)cc(CCP(=O)(O)O)cc2C)cc1C(C)C. The molecular weight excluding hydrogens is 351 g/mol. The zero-order chi connectivity index (χ0) is 19.5. The molecule has 0 atom stereocenters. The fourth-order valence-electron chi connectivity index (χ4n) is 2.96. The Labute approximate surface area is 155 Å². The molecule has 0 aliphatic carbocycles. The van der Waals surface area contributed by atoms with E-state index in [0.717, 1.165) is 39.5 Å². The summed E-state index contributed by atoms with van der Waals surface area (Å²) in [6.07, 6.45) is 0.189. The summed E-state index contributed by atoms with van der Waals surface area (Å²) in [7, 11) is -2.33. The second-order valence-corrected chi connectivity index (χ2v) is 8.63. The molecule has 0 spiro atoms. The van der Waals surface area contributed by atoms with E-state index < -0.39 is 7.60 Å². The van der Waals surface area contributed by atoms with E-state index in [-0.39, 0.29) is 6.16 Å². The van der Waals surface area contributed by atoms with Crippen molar-refractivity contribution in [1.29, 1.82) is 0 Å². The van der Waals surface area contributed by atoms with Crippen LogP contribution in [0.1, 0.15) is 42.0 Å². The molecule has 0 aromatic heterocycles. The van der Waals surface area contributed by atoms with E-state index in [9.17, 15) is 4.57 Å². The molecule has 5 nitrogen and oxygen atoms in total. The Morgan fingerprint density at radius 1 is 1.08 bits per heavy atom. The van der Waals surface area contributed by atoms with E-state index in [2.05, 4.69) is 13.8 Å². The van der Waals surface area contributed by atoms with Crippen LogP contribution in [0.3, 0.4) is 0 Å². The highest BCUT2D eigenvalue weighted by Crippen LogP contribution is 2.37. The highest BCUT2D eigenvalue weighted by molar-refractivity contribution is 7.51. The summed E-state index contributed by atoms with van der Waals surface area (Å²) in [5.41, 5.74) is 3.85. The van der Waals surface area contributed by atoms with Crippen LogP contribution in [-0.2, 0) is 11.0 Å². The maximum absolute atomic E-state index is 11.1. The average Bonchev–Trinajstić information content (AvgIpc) is 2.55. The van der Waals surface area contributed by atoms with Gasteiger partial charge in [0.1, 0.15) is 17.2 Å². The first-order valence-electron chi connectivity index (χ1n) is 8.61. The second-order valence-electron chi connectivity index (χ2n) is 6.86. The lowest BCUT2D eigenvalue weighted by Crippen LogP contribution is -1.99. The predicted octanol–water partition coefficient (Wildman–Crippen LogP) is 4.95. The van der Waals surface area contributed by atoms with Gasteiger partial charge >= 0.3 is 7.60 Å². The normalized spacial score (nSPS) is 11.7. The quantitative estimate of drug-likeness (QED) is 0.667. The molecule has 0 saturated carbocycles. The van der Waals surface area contributed by atoms with Crippen LogP contribution < -0.4 is 9.47 Å². The molecule has 0 radical (unpaired) electrons. The Morgan fingerprint density at radius 3 is 2.19 bits per heavy atom. The molecule has 0 unspecified atom stereocenters. The maximum Gasteiger partial charge on any atom is 0.325 e. The van der Waals surface area contributed by atoms with Gasteiger partial charge in [-0.15, -0.1) is 0 Å². The van der Waals surface area contributed by atoms with Gasteiger partial charge in [-0.3, -0.25) is 4.57 Å². The Kier molecular flexibility index (Phi) is 6.51. The third kappa shape index (κ3) is 5.34. The minimum atomic E-state index is -3.99. The summed E-state index contributed by atoms with van der Waals surface area (Å²) in [4.78, 5) is 18.1. The van der Waals surface area contributed by atoms with Crippen molar-refractivity contribution in [2.75, 3.05) is 13.3 Å². The predicted molar refractivity (Wildman–Crippen MR) is 104 cm³/mol. The summed E-state index contributed by atoms with van der Waals surface area (Å²) in [5.74, 6) is 2.66. The van der Waals surface area contributed by atoms with Crippen molar-refractivity contribution < 1.29 is 23.8 Å². The van der Waals surface area contributed by atoms with Crippen LogP contribution in [0.2, 0.25) is 0 Å². The van der Waals surface area contributed by atoms with Gasteiger partial charge < -0.3 is 19.3 Å². The van der Waals surface area contributed by atoms with Gasteiger partial charge in [0.05, 0.1) is 13.3 Å². The monoisotopic (exact) mass is 378 g/mol. The number of aryl methyl sites for hydroxylation is 3. The van der Waals surface area contributed by atoms with Crippen LogP contribution in [0.5, 0.6) is 17.2 Å². The molecule has 0 aliphatic heterocycles. The minimum absolute atomic E-state index is 0.150. The molecule has 2 aromatic carbocycles. The van der Waals surface area contributed by atoms with Crippen LogP contribution in [0.25, 0.3) is 0 Å². The number of methoxy groups -OCH3 is 1. The summed E-state index contributed by atoms with van der Waals surface area (Å²) < 4.78 is 22.6. The number of rotatable bonds is 7. The van der Waals surface area contributed by atoms with Crippen LogP contribution in [0.15, 0.2) is 30.3 Å². The van der Waals surface area contributed by atoms with E-state index in [1.165, 1.54) is 0 Å². The molecule has 0 amide bonds. The third-order valence-electron chi connectivity index (χ3n) is 4.25. The molecule has 2 N–H and O–H groups in total. The van der Waals surface area contributed by atoms with Crippen molar-refractivity contribution in [3.8, 4) is 17.2 Å². The summed E-state index contributed by atoms with van der Waals surface area (Å²) in [6.45, 7) is 8.09. The molecule has 142 valence electrons. The maximum atomic E-state index is 11.1. The fourth-order valence-corrected chi connectivity index (χ4v) is 3.51. The average molecular weight is 378 g/mol. The van der Waals surface area contributed by atoms with Crippen molar-refractivity contribution in [3.63, 3.8) is 0 Å². The van der Waals surface area contributed by atoms with E-state index in [0.29, 0.717) is 12.3 Å². The summed E-state index contributed by atoms with van der Waals surface area (Å²) in [6, 6.07) is 9.62. The molecule has 2 rings (SSSR count). The molecule has 0 aliphatic rings. The second kappa shape index (κ2) is 8.26. The topological polar surface area (TPSA) is 76.0 Å². The molecule has 26 heavy (non-hydrogen) atoms. The first-order valence-corrected chi connectivity index (χ1v) is 10.4. The first-order chi connectivity index (χ1) is 12.1. The highest BCUT2D eigenvalue weighted by atomic mass is 31.2. The van der Waals surface area contributed by atoms with E-state index >= 15 is 0 Å². The third-order valence-corrected chi connectivity index (χ3v) is 5.06. The number of hydrogen-bond acceptors (Lipinski definition) is 3. The Bertz CT molecular complexity index is 800. The van der Waals surface area contributed by atoms with E-state index in [1.54, 1.807) is 7.11 Å². The van der Waals surface area contributed by atoms with Crippen LogP contribution in [0, 0.1) is 13.8 Å². The highest BCUT2D eigenvalue weighted by Gasteiger charge is 2.15. The van der Waals surface area contributed by atoms with Crippen molar-refractivity contribution in [3.05, 3.63) is 52.6 Å². The van der Waals surface area contributed by atoms with Crippen molar-refractivity contribution in [1.82, 2.24) is 0 Å². The number of ether oxygens (including phenoxy) is 2. The Morgan fingerprint density at radius 2 is 1.69 bits per heavy atom. The molecule has 6 heteroatoms. The molecule has 0 saturated heterocycles. The van der Waals surface area contributed by atoms with E-state index in [1.807, 2.05) is 44.2 Å². The van der Waals surface area contributed by atoms with Gasteiger partial charge in [-0.05, 0) is 61.1 Å². The van der Waals surface area contributed by atoms with Gasteiger partial charge in [0, 0.05) is 5.56 Å². The standard InChI is InChI=1S/C20H27O5P/c1-13(2)18-12-17(6-7-19(18)24-5)25-20-14(3)10-16(11-15(20)4)8-9-26(21,22)23/h6-7,10-13H,8-9H2,1-5H3,(H2,21,22,23). The van der Waals surface area contributed by atoms with Gasteiger partial charge in [0.15, 0.2) is 0 Å². The number of hydrogen-bond donors (Lipinski definition) is 2. The largest absolute Gasteiger partial charge is 0.496 e. The lowest BCUT2D eigenvalue weighted by molar-refractivity contribution is 0.373. The van der Waals surface area contributed by atoms with Crippen molar-refractivity contribution >= 4 is 7.60 Å². The van der Waals surface area contributed by atoms with Gasteiger partial charge in [0.25, 0.3) is 0 Å². The Hall–Kier alpha value is -1.81. The van der Waals surface area contributed by atoms with Crippen LogP contribution >= 0.6 is 7.60 Å². The first kappa shape index (κ1) is 20.5. The van der Waals surface area contributed by atoms with E-state index in [4.69, 9.17) is 19.3 Å². The lowest BCUT2D eigenvalue weighted by atomic mass is 10.0. The molecule has 0 bridgehead atoms. The van der Waals surface area contributed by atoms with Gasteiger partial charge in [-0.25, -0.2) is 0 Å². The van der Waals surface area contributed by atoms with Crippen LogP contribution in [-0.4, -0.2) is 23.1 Å². The zero-order valence-corrected chi connectivity index (χ0v) is 16.8. The van der Waals surface area contributed by atoms with Gasteiger partial charge in [0.2, 0.25) is 0 Å². The Balaban J connectivity index is 2.27. The summed E-state index contributed by atoms with van der Waals surface area (Å²) in [5, 5.41) is 0. The smallest absolute Gasteiger partial charge is 0.325 e. The van der Waals surface area contributed by atoms with Gasteiger partial charge in [-0.1, -0.05) is 26.0 Å². The zero-order valence-electron chi connectivity index (χ0n) is 15.9. The molecule has 2 aromatic rings. The van der Waals surface area contributed by atoms with Crippen LogP contribution in [0.4, 0.5) is 0 Å². The van der Waals surface area contributed by atoms with Gasteiger partial charge in [-0.2, -0.15) is 0 Å². The van der Waals surface area contributed by atoms with Crippen molar-refractivity contribution in [2.45, 2.75) is 40.0 Å². The fraction of sp³-hybridized carbons (Fsp3) is 0.400. The molecule has 0 heterocycles. The molecule has 0 fully saturated rings.